The van der Waals surface area contributed by atoms with Crippen LogP contribution in [0.3, 0.4) is 0 Å². The molecule has 120 valence electrons. The first-order valence-electron chi connectivity index (χ1n) is 8.21. The van der Waals surface area contributed by atoms with Crippen molar-refractivity contribution >= 4 is 17.5 Å². The summed E-state index contributed by atoms with van der Waals surface area (Å²) in [5.74, 6) is -0.422. The van der Waals surface area contributed by atoms with Crippen LogP contribution in [0.2, 0.25) is 0 Å². The van der Waals surface area contributed by atoms with Crippen molar-refractivity contribution in [3.8, 4) is 0 Å². The summed E-state index contributed by atoms with van der Waals surface area (Å²) in [4.78, 5) is 24.0. The van der Waals surface area contributed by atoms with Crippen LogP contribution < -0.4 is 10.6 Å². The maximum absolute atomic E-state index is 12.0. The summed E-state index contributed by atoms with van der Waals surface area (Å²) in [7, 11) is 0. The number of hydrogen-bond donors (Lipinski definition) is 2. The van der Waals surface area contributed by atoms with Crippen LogP contribution in [-0.4, -0.2) is 17.9 Å². The number of benzene rings is 1. The Kier molecular flexibility index (Phi) is 5.99. The van der Waals surface area contributed by atoms with Gasteiger partial charge in [-0.05, 0) is 43.9 Å². The number of hydrogen-bond acceptors (Lipinski definition) is 2. The lowest BCUT2D eigenvalue weighted by Gasteiger charge is -2.16. The minimum atomic E-state index is -0.250. The predicted molar refractivity (Wildman–Crippen MR) is 88.8 cm³/mol. The molecule has 1 aromatic rings. The number of rotatable bonds is 4. The third-order valence-corrected chi connectivity index (χ3v) is 4.21. The predicted octanol–water partition coefficient (Wildman–Crippen LogP) is 3.47. The number of nitrogens with one attached hydrogen (secondary N) is 2. The highest BCUT2D eigenvalue weighted by Crippen LogP contribution is 2.18. The van der Waals surface area contributed by atoms with E-state index in [1.54, 1.807) is 0 Å². The molecular formula is C18H26N2O2. The van der Waals surface area contributed by atoms with Crippen molar-refractivity contribution in [1.29, 1.82) is 0 Å². The molecule has 1 aromatic carbocycles. The summed E-state index contributed by atoms with van der Waals surface area (Å²) in [6.07, 6.45) is 6.79. The van der Waals surface area contributed by atoms with Crippen LogP contribution in [0.25, 0.3) is 0 Å². The zero-order chi connectivity index (χ0) is 15.9. The first-order valence-corrected chi connectivity index (χ1v) is 8.21. The Balaban J connectivity index is 1.83. The van der Waals surface area contributed by atoms with Gasteiger partial charge in [0.1, 0.15) is 6.42 Å². The molecule has 2 rings (SSSR count). The molecule has 1 fully saturated rings. The van der Waals surface area contributed by atoms with Crippen molar-refractivity contribution < 1.29 is 9.59 Å². The SMILES string of the molecule is Cc1ccc(C)c(NC(=O)CC(=O)NC2CCCCCC2)c1. The fourth-order valence-electron chi connectivity index (χ4n) is 2.91. The fraction of sp³-hybridized carbons (Fsp3) is 0.556. The van der Waals surface area contributed by atoms with Gasteiger partial charge in [0, 0.05) is 11.7 Å². The number of amides is 2. The standard InChI is InChI=1S/C18H26N2O2/c1-13-9-10-14(2)16(11-13)20-18(22)12-17(21)19-15-7-5-3-4-6-8-15/h9-11,15H,3-8,12H2,1-2H3,(H,19,21)(H,20,22). The van der Waals surface area contributed by atoms with Gasteiger partial charge in [0.2, 0.25) is 11.8 Å². The van der Waals surface area contributed by atoms with Gasteiger partial charge in [0.05, 0.1) is 0 Å². The van der Waals surface area contributed by atoms with E-state index in [9.17, 15) is 9.59 Å². The van der Waals surface area contributed by atoms with Gasteiger partial charge in [-0.15, -0.1) is 0 Å². The molecule has 0 aromatic heterocycles. The van der Waals surface area contributed by atoms with Crippen molar-refractivity contribution in [3.63, 3.8) is 0 Å². The molecule has 0 aliphatic heterocycles. The quantitative estimate of drug-likeness (QED) is 0.661. The highest BCUT2D eigenvalue weighted by Gasteiger charge is 2.17. The molecule has 4 heteroatoms. The third-order valence-electron chi connectivity index (χ3n) is 4.21. The summed E-state index contributed by atoms with van der Waals surface area (Å²) in [6, 6.07) is 6.14. The van der Waals surface area contributed by atoms with Crippen molar-refractivity contribution in [3.05, 3.63) is 29.3 Å². The highest BCUT2D eigenvalue weighted by molar-refractivity contribution is 6.03. The molecule has 1 saturated carbocycles. The van der Waals surface area contributed by atoms with Gasteiger partial charge in [-0.2, -0.15) is 0 Å². The second-order valence-corrected chi connectivity index (χ2v) is 6.30. The molecule has 0 radical (unpaired) electrons. The Morgan fingerprint density at radius 3 is 2.41 bits per heavy atom. The number of anilines is 1. The topological polar surface area (TPSA) is 58.2 Å². The Morgan fingerprint density at radius 1 is 1.05 bits per heavy atom. The lowest BCUT2D eigenvalue weighted by molar-refractivity contribution is -0.127. The largest absolute Gasteiger partial charge is 0.353 e. The van der Waals surface area contributed by atoms with E-state index in [0.29, 0.717) is 0 Å². The average Bonchev–Trinajstić information content (AvgIpc) is 2.71. The van der Waals surface area contributed by atoms with E-state index in [-0.39, 0.29) is 24.3 Å². The molecule has 0 unspecified atom stereocenters. The molecule has 4 nitrogen and oxygen atoms in total. The molecule has 1 aliphatic carbocycles. The minimum Gasteiger partial charge on any atom is -0.353 e. The van der Waals surface area contributed by atoms with Gasteiger partial charge in [-0.1, -0.05) is 37.8 Å². The fourth-order valence-corrected chi connectivity index (χ4v) is 2.91. The van der Waals surface area contributed by atoms with Crippen LogP contribution >= 0.6 is 0 Å². The van der Waals surface area contributed by atoms with Crippen LogP contribution in [0.5, 0.6) is 0 Å². The van der Waals surface area contributed by atoms with Crippen LogP contribution in [0.4, 0.5) is 5.69 Å². The summed E-state index contributed by atoms with van der Waals surface area (Å²) < 4.78 is 0. The zero-order valence-corrected chi connectivity index (χ0v) is 13.6. The first kappa shape index (κ1) is 16.5. The second kappa shape index (κ2) is 7.97. The van der Waals surface area contributed by atoms with Gasteiger partial charge in [-0.25, -0.2) is 0 Å². The second-order valence-electron chi connectivity index (χ2n) is 6.30. The lowest BCUT2D eigenvalue weighted by Crippen LogP contribution is -2.36. The maximum Gasteiger partial charge on any atom is 0.233 e. The molecule has 1 aliphatic rings. The Labute approximate surface area is 132 Å². The molecule has 0 saturated heterocycles. The van der Waals surface area contributed by atoms with Crippen molar-refractivity contribution in [1.82, 2.24) is 5.32 Å². The highest BCUT2D eigenvalue weighted by atomic mass is 16.2. The number of carbonyl (C=O) groups is 2. The Hall–Kier alpha value is -1.84. The van der Waals surface area contributed by atoms with Gasteiger partial charge in [0.15, 0.2) is 0 Å². The molecule has 2 N–H and O–H groups in total. The van der Waals surface area contributed by atoms with E-state index >= 15 is 0 Å². The summed E-state index contributed by atoms with van der Waals surface area (Å²) in [6.45, 7) is 3.93. The average molecular weight is 302 g/mol. The maximum atomic E-state index is 12.0. The van der Waals surface area contributed by atoms with Gasteiger partial charge < -0.3 is 10.6 Å². The third kappa shape index (κ3) is 5.17. The van der Waals surface area contributed by atoms with E-state index in [0.717, 1.165) is 29.7 Å². The molecule has 22 heavy (non-hydrogen) atoms. The number of carbonyl (C=O) groups excluding carboxylic acids is 2. The Bertz CT molecular complexity index is 532. The molecule has 0 spiro atoms. The van der Waals surface area contributed by atoms with Gasteiger partial charge in [0.25, 0.3) is 0 Å². The molecular weight excluding hydrogens is 276 g/mol. The van der Waals surface area contributed by atoms with Crippen molar-refractivity contribution in [2.24, 2.45) is 0 Å². The van der Waals surface area contributed by atoms with Gasteiger partial charge >= 0.3 is 0 Å². The normalized spacial score (nSPS) is 15.9. The zero-order valence-electron chi connectivity index (χ0n) is 13.6. The molecule has 0 heterocycles. The smallest absolute Gasteiger partial charge is 0.233 e. The van der Waals surface area contributed by atoms with E-state index < -0.39 is 0 Å². The summed E-state index contributed by atoms with van der Waals surface area (Å²) in [5, 5.41) is 5.83. The lowest BCUT2D eigenvalue weighted by atomic mass is 10.1. The van der Waals surface area contributed by atoms with Gasteiger partial charge in [-0.3, -0.25) is 9.59 Å². The summed E-state index contributed by atoms with van der Waals surface area (Å²) >= 11 is 0. The van der Waals surface area contributed by atoms with Crippen LogP contribution in [0, 0.1) is 13.8 Å². The summed E-state index contributed by atoms with van der Waals surface area (Å²) in [5.41, 5.74) is 2.87. The van der Waals surface area contributed by atoms with Crippen LogP contribution in [0.15, 0.2) is 18.2 Å². The first-order chi connectivity index (χ1) is 10.5. The molecule has 0 bridgehead atoms. The minimum absolute atomic E-state index is 0.107. The van der Waals surface area contributed by atoms with E-state index in [4.69, 9.17) is 0 Å². The molecule has 2 amide bonds. The molecule has 0 atom stereocenters. The number of aryl methyl sites for hydroxylation is 2. The van der Waals surface area contributed by atoms with E-state index in [1.807, 2.05) is 32.0 Å². The monoisotopic (exact) mass is 302 g/mol. The van der Waals surface area contributed by atoms with Crippen LogP contribution in [0.1, 0.15) is 56.1 Å². The van der Waals surface area contributed by atoms with Crippen LogP contribution in [-0.2, 0) is 9.59 Å². The van der Waals surface area contributed by atoms with Crippen molar-refractivity contribution in [2.75, 3.05) is 5.32 Å². The van der Waals surface area contributed by atoms with E-state index in [1.165, 1.54) is 25.7 Å². The van der Waals surface area contributed by atoms with Crippen molar-refractivity contribution in [2.45, 2.75) is 64.8 Å². The van der Waals surface area contributed by atoms with E-state index in [2.05, 4.69) is 10.6 Å². The Morgan fingerprint density at radius 2 is 1.73 bits per heavy atom.